The third-order valence-corrected chi connectivity index (χ3v) is 5.07. The Hall–Kier alpha value is -2.70. The summed E-state index contributed by atoms with van der Waals surface area (Å²) in [5, 5.41) is 9.54. The van der Waals surface area contributed by atoms with Crippen molar-refractivity contribution in [3.63, 3.8) is 0 Å². The van der Waals surface area contributed by atoms with E-state index in [1.165, 1.54) is 0 Å². The van der Waals surface area contributed by atoms with Crippen LogP contribution in [0.4, 0.5) is 0 Å². The van der Waals surface area contributed by atoms with Gasteiger partial charge in [0, 0.05) is 25.2 Å². The Morgan fingerprint density at radius 3 is 2.77 bits per heavy atom. The molecule has 1 aromatic heterocycles. The normalized spacial score (nSPS) is 18.4. The average molecular weight is 350 g/mol. The molecule has 26 heavy (non-hydrogen) atoms. The Morgan fingerprint density at radius 2 is 2.00 bits per heavy atom. The first kappa shape index (κ1) is 16.8. The SMILES string of the molecule is CN1CCN(C(=O)c2cccc3[nH]c(-c4ccccc4)nc23)CC1CO. The van der Waals surface area contributed by atoms with Crippen LogP contribution in [-0.4, -0.2) is 70.1 Å². The summed E-state index contributed by atoms with van der Waals surface area (Å²) in [5.41, 5.74) is 3.13. The van der Waals surface area contributed by atoms with Crippen LogP contribution in [0.25, 0.3) is 22.4 Å². The first-order valence-electron chi connectivity index (χ1n) is 8.82. The lowest BCUT2D eigenvalue weighted by Gasteiger charge is -2.38. The second kappa shape index (κ2) is 6.90. The topological polar surface area (TPSA) is 72.5 Å². The van der Waals surface area contributed by atoms with Gasteiger partial charge in [-0.15, -0.1) is 0 Å². The fourth-order valence-corrected chi connectivity index (χ4v) is 3.44. The second-order valence-corrected chi connectivity index (χ2v) is 6.72. The molecule has 6 heteroatoms. The molecule has 1 unspecified atom stereocenters. The maximum absolute atomic E-state index is 13.1. The number of hydrogen-bond donors (Lipinski definition) is 2. The van der Waals surface area contributed by atoms with Crippen LogP contribution < -0.4 is 0 Å². The molecule has 1 fully saturated rings. The quantitative estimate of drug-likeness (QED) is 0.758. The number of nitrogens with one attached hydrogen (secondary N) is 1. The number of aromatic nitrogens is 2. The molecular formula is C20H22N4O2. The van der Waals surface area contributed by atoms with Crippen LogP contribution in [0.15, 0.2) is 48.5 Å². The highest BCUT2D eigenvalue weighted by Gasteiger charge is 2.28. The lowest BCUT2D eigenvalue weighted by molar-refractivity contribution is 0.0422. The predicted octanol–water partition coefficient (Wildman–Crippen LogP) is 1.98. The predicted molar refractivity (Wildman–Crippen MR) is 101 cm³/mol. The van der Waals surface area contributed by atoms with Gasteiger partial charge in [-0.05, 0) is 19.2 Å². The van der Waals surface area contributed by atoms with E-state index in [0.29, 0.717) is 24.2 Å². The molecule has 1 atom stereocenters. The minimum Gasteiger partial charge on any atom is -0.395 e. The maximum atomic E-state index is 13.1. The molecule has 1 aliphatic rings. The van der Waals surface area contributed by atoms with Gasteiger partial charge >= 0.3 is 0 Å². The molecule has 6 nitrogen and oxygen atoms in total. The molecule has 0 radical (unpaired) electrons. The molecule has 1 aliphatic heterocycles. The number of carbonyl (C=O) groups excluding carboxylic acids is 1. The molecule has 2 N–H and O–H groups in total. The number of benzene rings is 2. The Kier molecular flexibility index (Phi) is 4.44. The number of piperazine rings is 1. The number of hydrogen-bond acceptors (Lipinski definition) is 4. The third kappa shape index (κ3) is 2.98. The fourth-order valence-electron chi connectivity index (χ4n) is 3.44. The molecule has 0 bridgehead atoms. The molecule has 1 amide bonds. The number of para-hydroxylation sites is 1. The highest BCUT2D eigenvalue weighted by Crippen LogP contribution is 2.24. The van der Waals surface area contributed by atoms with Gasteiger partial charge in [-0.2, -0.15) is 0 Å². The van der Waals surface area contributed by atoms with Crippen LogP contribution >= 0.6 is 0 Å². The second-order valence-electron chi connectivity index (χ2n) is 6.72. The van der Waals surface area contributed by atoms with Gasteiger partial charge in [-0.1, -0.05) is 36.4 Å². The van der Waals surface area contributed by atoms with Crippen LogP contribution in [0.5, 0.6) is 0 Å². The van der Waals surface area contributed by atoms with Crippen molar-refractivity contribution in [3.8, 4) is 11.4 Å². The molecule has 1 saturated heterocycles. The van der Waals surface area contributed by atoms with Crippen molar-refractivity contribution in [2.75, 3.05) is 33.3 Å². The highest BCUT2D eigenvalue weighted by molar-refractivity contribution is 6.05. The van der Waals surface area contributed by atoms with Gasteiger partial charge in [0.15, 0.2) is 0 Å². The summed E-state index contributed by atoms with van der Waals surface area (Å²) in [6.07, 6.45) is 0. The Labute approximate surface area is 152 Å². The van der Waals surface area contributed by atoms with Gasteiger partial charge in [0.05, 0.1) is 23.7 Å². The van der Waals surface area contributed by atoms with Gasteiger partial charge in [-0.25, -0.2) is 4.98 Å². The summed E-state index contributed by atoms with van der Waals surface area (Å²) in [6.45, 7) is 1.98. The number of aromatic amines is 1. The number of imidazole rings is 1. The Morgan fingerprint density at radius 1 is 1.19 bits per heavy atom. The van der Waals surface area contributed by atoms with Crippen molar-refractivity contribution in [2.45, 2.75) is 6.04 Å². The largest absolute Gasteiger partial charge is 0.395 e. The van der Waals surface area contributed by atoms with Crippen LogP contribution in [-0.2, 0) is 0 Å². The number of carbonyl (C=O) groups is 1. The number of fused-ring (bicyclic) bond motifs is 1. The first-order valence-corrected chi connectivity index (χ1v) is 8.82. The van der Waals surface area contributed by atoms with E-state index in [1.54, 1.807) is 0 Å². The van der Waals surface area contributed by atoms with E-state index in [-0.39, 0.29) is 18.6 Å². The molecule has 4 rings (SSSR count). The Bertz CT molecular complexity index is 922. The molecule has 3 aromatic rings. The van der Waals surface area contributed by atoms with Crippen LogP contribution in [0.3, 0.4) is 0 Å². The summed E-state index contributed by atoms with van der Waals surface area (Å²) in [7, 11) is 1.98. The van der Waals surface area contributed by atoms with E-state index in [1.807, 2.05) is 60.5 Å². The standard InChI is InChI=1S/C20H22N4O2/c1-23-10-11-24(12-15(23)13-25)20(26)16-8-5-9-17-18(16)22-19(21-17)14-6-3-2-4-7-14/h2-9,15,25H,10-13H2,1H3,(H,21,22). The summed E-state index contributed by atoms with van der Waals surface area (Å²) < 4.78 is 0. The maximum Gasteiger partial charge on any atom is 0.256 e. The summed E-state index contributed by atoms with van der Waals surface area (Å²) >= 11 is 0. The van der Waals surface area contributed by atoms with Gasteiger partial charge in [0.2, 0.25) is 0 Å². The van der Waals surface area contributed by atoms with E-state index in [0.717, 1.165) is 23.4 Å². The minimum absolute atomic E-state index is 0.0223. The molecule has 2 aromatic carbocycles. The van der Waals surface area contributed by atoms with Crippen molar-refractivity contribution >= 4 is 16.9 Å². The van der Waals surface area contributed by atoms with E-state index in [9.17, 15) is 9.90 Å². The number of likely N-dealkylation sites (N-methyl/N-ethyl adjacent to an activating group) is 1. The van der Waals surface area contributed by atoms with Crippen LogP contribution in [0.2, 0.25) is 0 Å². The van der Waals surface area contributed by atoms with Gasteiger partial charge in [0.25, 0.3) is 5.91 Å². The van der Waals surface area contributed by atoms with Crippen molar-refractivity contribution in [1.29, 1.82) is 0 Å². The Balaban J connectivity index is 1.68. The molecule has 134 valence electrons. The van der Waals surface area contributed by atoms with Crippen molar-refractivity contribution in [2.24, 2.45) is 0 Å². The summed E-state index contributed by atoms with van der Waals surface area (Å²) in [4.78, 5) is 25.0. The zero-order valence-corrected chi connectivity index (χ0v) is 14.7. The van der Waals surface area contributed by atoms with Crippen LogP contribution in [0.1, 0.15) is 10.4 Å². The summed E-state index contributed by atoms with van der Waals surface area (Å²) in [5.74, 6) is 0.723. The monoisotopic (exact) mass is 350 g/mol. The van der Waals surface area contributed by atoms with Crippen molar-refractivity contribution in [1.82, 2.24) is 19.8 Å². The zero-order chi connectivity index (χ0) is 18.1. The third-order valence-electron chi connectivity index (χ3n) is 5.07. The average Bonchev–Trinajstić information content (AvgIpc) is 3.13. The van der Waals surface area contributed by atoms with Gasteiger partial charge in [-0.3, -0.25) is 9.69 Å². The first-order chi connectivity index (χ1) is 12.7. The minimum atomic E-state index is -0.0340. The highest BCUT2D eigenvalue weighted by atomic mass is 16.3. The van der Waals surface area contributed by atoms with Crippen LogP contribution in [0, 0.1) is 0 Å². The molecule has 0 aliphatic carbocycles. The summed E-state index contributed by atoms with van der Waals surface area (Å²) in [6, 6.07) is 15.5. The lowest BCUT2D eigenvalue weighted by atomic mass is 10.1. The lowest BCUT2D eigenvalue weighted by Crippen LogP contribution is -2.54. The molecule has 0 saturated carbocycles. The molecule has 0 spiro atoms. The van der Waals surface area contributed by atoms with E-state index in [4.69, 9.17) is 4.98 Å². The van der Waals surface area contributed by atoms with Gasteiger partial charge in [0.1, 0.15) is 11.3 Å². The molecular weight excluding hydrogens is 328 g/mol. The van der Waals surface area contributed by atoms with Crippen molar-refractivity contribution in [3.05, 3.63) is 54.1 Å². The van der Waals surface area contributed by atoms with E-state index >= 15 is 0 Å². The smallest absolute Gasteiger partial charge is 0.256 e. The molecule has 2 heterocycles. The zero-order valence-electron chi connectivity index (χ0n) is 14.7. The number of H-pyrrole nitrogens is 1. The number of aliphatic hydroxyl groups excluding tert-OH is 1. The number of amides is 1. The van der Waals surface area contributed by atoms with E-state index in [2.05, 4.69) is 9.88 Å². The van der Waals surface area contributed by atoms with Gasteiger partial charge < -0.3 is 15.0 Å². The number of nitrogens with zero attached hydrogens (tertiary/aromatic N) is 3. The van der Waals surface area contributed by atoms with E-state index < -0.39 is 0 Å². The number of aliphatic hydroxyl groups is 1. The fraction of sp³-hybridized carbons (Fsp3) is 0.300. The van der Waals surface area contributed by atoms with Crippen molar-refractivity contribution < 1.29 is 9.90 Å². The number of rotatable bonds is 3.